The lowest BCUT2D eigenvalue weighted by Crippen LogP contribution is -2.44. The summed E-state index contributed by atoms with van der Waals surface area (Å²) >= 11 is 0. The fourth-order valence-electron chi connectivity index (χ4n) is 4.18. The third kappa shape index (κ3) is 5.36. The van der Waals surface area contributed by atoms with Gasteiger partial charge in [-0.15, -0.1) is 0 Å². The van der Waals surface area contributed by atoms with Gasteiger partial charge in [0, 0.05) is 24.3 Å². The van der Waals surface area contributed by atoms with Crippen LogP contribution in [0.15, 0.2) is 51.9 Å². The summed E-state index contributed by atoms with van der Waals surface area (Å²) < 4.78 is 47.7. The first-order valence-electron chi connectivity index (χ1n) is 11.4. The molecule has 0 spiro atoms. The van der Waals surface area contributed by atoms with E-state index in [9.17, 15) is 17.6 Å². The highest BCUT2D eigenvalue weighted by molar-refractivity contribution is 7.89. The standard InChI is InChI=1S/C26H28FN3O4S/c1-17-10-11-18(2)23(15-17)28-26(31)21-8-6-14-30(16-21)35(32,33)25-19(3)29-34-24(25)13-12-20-7-4-5-9-22(20)27/h4-5,7,9-13,15,21H,6,8,14,16H2,1-3H3,(H,28,31). The number of hydrogen-bond donors (Lipinski definition) is 1. The normalized spacial score (nSPS) is 17.1. The molecule has 1 N–H and O–H groups in total. The quantitative estimate of drug-likeness (QED) is 0.520. The average Bonchev–Trinajstić information content (AvgIpc) is 3.22. The molecule has 9 heteroatoms. The second kappa shape index (κ2) is 10.1. The number of aryl methyl sites for hydroxylation is 3. The van der Waals surface area contributed by atoms with Gasteiger partial charge in [0.1, 0.15) is 11.5 Å². The number of amides is 1. The second-order valence-corrected chi connectivity index (χ2v) is 10.7. The predicted molar refractivity (Wildman–Crippen MR) is 133 cm³/mol. The zero-order chi connectivity index (χ0) is 25.2. The van der Waals surface area contributed by atoms with E-state index in [4.69, 9.17) is 4.52 Å². The summed E-state index contributed by atoms with van der Waals surface area (Å²) in [6.45, 7) is 5.75. The predicted octanol–water partition coefficient (Wildman–Crippen LogP) is 4.95. The summed E-state index contributed by atoms with van der Waals surface area (Å²) in [5.74, 6) is -1.11. The van der Waals surface area contributed by atoms with Crippen LogP contribution in [-0.2, 0) is 14.8 Å². The van der Waals surface area contributed by atoms with Crippen molar-refractivity contribution in [2.75, 3.05) is 18.4 Å². The minimum Gasteiger partial charge on any atom is -0.355 e. The Morgan fingerprint density at radius 3 is 2.71 bits per heavy atom. The number of carbonyl (C=O) groups is 1. The van der Waals surface area contributed by atoms with E-state index in [-0.39, 0.29) is 35.3 Å². The molecule has 0 radical (unpaired) electrons. The second-order valence-electron chi connectivity index (χ2n) is 8.83. The number of aromatic nitrogens is 1. The number of carbonyl (C=O) groups excluding carboxylic acids is 1. The van der Waals surface area contributed by atoms with Gasteiger partial charge >= 0.3 is 0 Å². The van der Waals surface area contributed by atoms with E-state index in [0.29, 0.717) is 18.4 Å². The molecule has 0 saturated carbocycles. The van der Waals surface area contributed by atoms with Crippen molar-refractivity contribution < 1.29 is 22.1 Å². The van der Waals surface area contributed by atoms with Gasteiger partial charge in [-0.05, 0) is 69.0 Å². The molecule has 35 heavy (non-hydrogen) atoms. The van der Waals surface area contributed by atoms with Gasteiger partial charge in [0.05, 0.1) is 5.92 Å². The van der Waals surface area contributed by atoms with Crippen LogP contribution in [0, 0.1) is 32.5 Å². The van der Waals surface area contributed by atoms with Gasteiger partial charge in [0.25, 0.3) is 0 Å². The Morgan fingerprint density at radius 1 is 1.17 bits per heavy atom. The summed E-state index contributed by atoms with van der Waals surface area (Å²) in [5.41, 5.74) is 3.20. The highest BCUT2D eigenvalue weighted by atomic mass is 32.2. The topological polar surface area (TPSA) is 92.5 Å². The van der Waals surface area contributed by atoms with Crippen LogP contribution in [0.1, 0.15) is 41.0 Å². The van der Waals surface area contributed by atoms with Crippen molar-refractivity contribution in [3.05, 3.63) is 76.4 Å². The lowest BCUT2D eigenvalue weighted by atomic mass is 9.98. The van der Waals surface area contributed by atoms with Crippen molar-refractivity contribution in [2.24, 2.45) is 5.92 Å². The molecule has 3 aromatic rings. The molecule has 1 fully saturated rings. The lowest BCUT2D eigenvalue weighted by molar-refractivity contribution is -0.120. The van der Waals surface area contributed by atoms with Gasteiger partial charge in [-0.3, -0.25) is 4.79 Å². The van der Waals surface area contributed by atoms with Crippen LogP contribution in [0.25, 0.3) is 12.2 Å². The van der Waals surface area contributed by atoms with E-state index in [1.807, 2.05) is 32.0 Å². The van der Waals surface area contributed by atoms with Crippen molar-refractivity contribution in [2.45, 2.75) is 38.5 Å². The Bertz CT molecular complexity index is 1380. The number of halogens is 1. The van der Waals surface area contributed by atoms with Crippen LogP contribution >= 0.6 is 0 Å². The molecule has 1 unspecified atom stereocenters. The fourth-order valence-corrected chi connectivity index (χ4v) is 5.96. The molecule has 2 heterocycles. The summed E-state index contributed by atoms with van der Waals surface area (Å²) in [7, 11) is -4.00. The summed E-state index contributed by atoms with van der Waals surface area (Å²) in [4.78, 5) is 12.9. The number of sulfonamides is 1. The largest absolute Gasteiger partial charge is 0.355 e. The third-order valence-corrected chi connectivity index (χ3v) is 8.18. The molecular formula is C26H28FN3O4S. The molecular weight excluding hydrogens is 469 g/mol. The van der Waals surface area contributed by atoms with Crippen LogP contribution in [0.2, 0.25) is 0 Å². The molecule has 1 atom stereocenters. The maximum absolute atomic E-state index is 14.0. The van der Waals surface area contributed by atoms with Crippen molar-refractivity contribution in [1.29, 1.82) is 0 Å². The minimum absolute atomic E-state index is 0.0210. The first-order chi connectivity index (χ1) is 16.7. The maximum Gasteiger partial charge on any atom is 0.248 e. The fraction of sp³-hybridized carbons (Fsp3) is 0.308. The van der Waals surface area contributed by atoms with Crippen LogP contribution in [0.4, 0.5) is 10.1 Å². The zero-order valence-corrected chi connectivity index (χ0v) is 20.7. The number of nitrogens with zero attached hydrogens (tertiary/aromatic N) is 2. The van der Waals surface area contributed by atoms with Crippen molar-refractivity contribution in [3.63, 3.8) is 0 Å². The SMILES string of the molecule is Cc1ccc(C)c(NC(=O)C2CCCN(S(=O)(=O)c3c(C)noc3C=Cc3ccccc3F)C2)c1. The zero-order valence-electron chi connectivity index (χ0n) is 19.9. The average molecular weight is 498 g/mol. The number of anilines is 1. The number of benzene rings is 2. The van der Waals surface area contributed by atoms with Crippen molar-refractivity contribution >= 4 is 33.8 Å². The Morgan fingerprint density at radius 2 is 1.94 bits per heavy atom. The lowest BCUT2D eigenvalue weighted by Gasteiger charge is -2.31. The van der Waals surface area contributed by atoms with Crippen LogP contribution in [0.5, 0.6) is 0 Å². The summed E-state index contributed by atoms with van der Waals surface area (Å²) in [6, 6.07) is 12.0. The van der Waals surface area contributed by atoms with Gasteiger partial charge in [-0.1, -0.05) is 35.5 Å². The van der Waals surface area contributed by atoms with E-state index in [0.717, 1.165) is 16.8 Å². The van der Waals surface area contributed by atoms with Gasteiger partial charge in [0.15, 0.2) is 10.7 Å². The Kier molecular flexibility index (Phi) is 7.18. The molecule has 1 amide bonds. The first kappa shape index (κ1) is 24.8. The van der Waals surface area contributed by atoms with Crippen LogP contribution in [0.3, 0.4) is 0 Å². The van der Waals surface area contributed by atoms with E-state index >= 15 is 0 Å². The number of nitrogens with one attached hydrogen (secondary N) is 1. The van der Waals surface area contributed by atoms with E-state index in [1.54, 1.807) is 25.1 Å². The van der Waals surface area contributed by atoms with E-state index in [1.165, 1.54) is 22.5 Å². The van der Waals surface area contributed by atoms with Gasteiger partial charge in [-0.25, -0.2) is 12.8 Å². The number of hydrogen-bond acceptors (Lipinski definition) is 5. The molecule has 4 rings (SSSR count). The summed E-state index contributed by atoms with van der Waals surface area (Å²) in [5, 5.41) is 6.79. The molecule has 1 aliphatic heterocycles. The van der Waals surface area contributed by atoms with E-state index in [2.05, 4.69) is 10.5 Å². The minimum atomic E-state index is -4.00. The molecule has 1 saturated heterocycles. The monoisotopic (exact) mass is 497 g/mol. The van der Waals surface area contributed by atoms with Gasteiger partial charge in [-0.2, -0.15) is 4.31 Å². The third-order valence-electron chi connectivity index (χ3n) is 6.16. The Hall–Kier alpha value is -3.30. The number of rotatable bonds is 6. The molecule has 2 aromatic carbocycles. The van der Waals surface area contributed by atoms with Crippen LogP contribution < -0.4 is 5.32 Å². The molecule has 0 aliphatic carbocycles. The van der Waals surface area contributed by atoms with Crippen LogP contribution in [-0.4, -0.2) is 36.9 Å². The Labute approximate surface area is 204 Å². The maximum atomic E-state index is 14.0. The highest BCUT2D eigenvalue weighted by Crippen LogP contribution is 2.30. The Balaban J connectivity index is 1.55. The van der Waals surface area contributed by atoms with Gasteiger partial charge in [0.2, 0.25) is 15.9 Å². The smallest absolute Gasteiger partial charge is 0.248 e. The first-order valence-corrected chi connectivity index (χ1v) is 12.9. The van der Waals surface area contributed by atoms with Crippen molar-refractivity contribution in [1.82, 2.24) is 9.46 Å². The number of piperidine rings is 1. The molecule has 184 valence electrons. The highest BCUT2D eigenvalue weighted by Gasteiger charge is 2.37. The molecule has 7 nitrogen and oxygen atoms in total. The molecule has 0 bridgehead atoms. The van der Waals surface area contributed by atoms with E-state index < -0.39 is 21.8 Å². The molecule has 1 aromatic heterocycles. The molecule has 1 aliphatic rings. The summed E-state index contributed by atoms with van der Waals surface area (Å²) in [6.07, 6.45) is 3.99. The van der Waals surface area contributed by atoms with Crippen molar-refractivity contribution in [3.8, 4) is 0 Å². The van der Waals surface area contributed by atoms with Gasteiger partial charge < -0.3 is 9.84 Å².